The number of aryl methyl sites for hydroxylation is 1. The number of nitrogens with zero attached hydrogens (tertiary/aromatic N) is 2. The highest BCUT2D eigenvalue weighted by molar-refractivity contribution is 9.08. The Hall–Kier alpha value is -1.16. The second kappa shape index (κ2) is 3.92. The fourth-order valence-corrected chi connectivity index (χ4v) is 2.02. The van der Waals surface area contributed by atoms with E-state index in [9.17, 15) is 0 Å². The SMILES string of the molecule is Cc1[nH]nc(-c2ccccn2)c1CBr. The maximum absolute atomic E-state index is 4.27. The number of hydrogen-bond acceptors (Lipinski definition) is 2. The van der Waals surface area contributed by atoms with E-state index in [0.29, 0.717) is 0 Å². The summed E-state index contributed by atoms with van der Waals surface area (Å²) in [5.41, 5.74) is 4.09. The number of H-pyrrole nitrogens is 1. The average molecular weight is 252 g/mol. The van der Waals surface area contributed by atoms with Gasteiger partial charge in [0.25, 0.3) is 0 Å². The quantitative estimate of drug-likeness (QED) is 0.835. The van der Waals surface area contributed by atoms with Crippen LogP contribution in [0, 0.1) is 6.92 Å². The predicted octanol–water partition coefficient (Wildman–Crippen LogP) is 2.68. The Labute approximate surface area is 90.7 Å². The van der Waals surface area contributed by atoms with Gasteiger partial charge in [-0.25, -0.2) is 0 Å². The molecule has 72 valence electrons. The topological polar surface area (TPSA) is 41.6 Å². The fraction of sp³-hybridized carbons (Fsp3) is 0.200. The monoisotopic (exact) mass is 251 g/mol. The molecule has 0 aliphatic rings. The van der Waals surface area contributed by atoms with Gasteiger partial charge in [0, 0.05) is 22.8 Å². The van der Waals surface area contributed by atoms with Crippen LogP contribution in [0.2, 0.25) is 0 Å². The van der Waals surface area contributed by atoms with E-state index < -0.39 is 0 Å². The number of alkyl halides is 1. The third kappa shape index (κ3) is 1.57. The summed E-state index contributed by atoms with van der Waals surface area (Å²) in [5, 5.41) is 8.00. The van der Waals surface area contributed by atoms with Gasteiger partial charge in [-0.2, -0.15) is 5.10 Å². The minimum absolute atomic E-state index is 0.793. The van der Waals surface area contributed by atoms with E-state index in [0.717, 1.165) is 22.4 Å². The largest absolute Gasteiger partial charge is 0.282 e. The molecule has 0 aliphatic carbocycles. The van der Waals surface area contributed by atoms with Crippen molar-refractivity contribution in [1.82, 2.24) is 15.2 Å². The number of halogens is 1. The zero-order valence-corrected chi connectivity index (χ0v) is 9.37. The van der Waals surface area contributed by atoms with E-state index in [1.807, 2.05) is 25.1 Å². The van der Waals surface area contributed by atoms with Gasteiger partial charge in [-0.3, -0.25) is 10.1 Å². The molecule has 0 aromatic carbocycles. The van der Waals surface area contributed by atoms with Crippen molar-refractivity contribution in [1.29, 1.82) is 0 Å². The van der Waals surface area contributed by atoms with Gasteiger partial charge in [-0.15, -0.1) is 0 Å². The van der Waals surface area contributed by atoms with Gasteiger partial charge in [0.1, 0.15) is 5.69 Å². The van der Waals surface area contributed by atoms with Crippen LogP contribution in [0.5, 0.6) is 0 Å². The summed E-state index contributed by atoms with van der Waals surface area (Å²) in [6.07, 6.45) is 1.78. The van der Waals surface area contributed by atoms with E-state index in [1.54, 1.807) is 6.20 Å². The highest BCUT2D eigenvalue weighted by atomic mass is 79.9. The van der Waals surface area contributed by atoms with Crippen LogP contribution in [0.15, 0.2) is 24.4 Å². The predicted molar refractivity (Wildman–Crippen MR) is 59.2 cm³/mol. The first-order valence-electron chi connectivity index (χ1n) is 4.34. The van der Waals surface area contributed by atoms with Crippen molar-refractivity contribution in [3.8, 4) is 11.4 Å². The molecule has 2 aromatic heterocycles. The molecule has 14 heavy (non-hydrogen) atoms. The molecule has 4 heteroatoms. The van der Waals surface area contributed by atoms with Crippen LogP contribution >= 0.6 is 15.9 Å². The minimum Gasteiger partial charge on any atom is -0.282 e. The molecule has 0 radical (unpaired) electrons. The smallest absolute Gasteiger partial charge is 0.115 e. The Balaban J connectivity index is 2.52. The molecule has 0 aliphatic heterocycles. The van der Waals surface area contributed by atoms with Crippen LogP contribution in [0.1, 0.15) is 11.3 Å². The van der Waals surface area contributed by atoms with E-state index in [1.165, 1.54) is 5.56 Å². The van der Waals surface area contributed by atoms with Crippen LogP contribution < -0.4 is 0 Å². The lowest BCUT2D eigenvalue weighted by Gasteiger charge is -1.98. The lowest BCUT2D eigenvalue weighted by molar-refractivity contribution is 1.04. The molecular formula is C10H10BrN3. The van der Waals surface area contributed by atoms with Gasteiger partial charge in [0.2, 0.25) is 0 Å². The standard InChI is InChI=1S/C10H10BrN3/c1-7-8(6-11)10(14-13-7)9-4-2-3-5-12-9/h2-5H,6H2,1H3,(H,13,14). The lowest BCUT2D eigenvalue weighted by atomic mass is 10.1. The molecule has 0 fully saturated rings. The van der Waals surface area contributed by atoms with Crippen molar-refractivity contribution in [3.05, 3.63) is 35.7 Å². The Morgan fingerprint density at radius 1 is 1.43 bits per heavy atom. The zero-order valence-electron chi connectivity index (χ0n) is 7.79. The molecule has 0 saturated heterocycles. The number of aromatic nitrogens is 3. The van der Waals surface area contributed by atoms with Gasteiger partial charge in [0.05, 0.1) is 5.69 Å². The van der Waals surface area contributed by atoms with Crippen molar-refractivity contribution in [2.75, 3.05) is 0 Å². The number of rotatable bonds is 2. The lowest BCUT2D eigenvalue weighted by Crippen LogP contribution is -1.86. The van der Waals surface area contributed by atoms with E-state index in [2.05, 4.69) is 31.1 Å². The molecule has 2 aromatic rings. The molecular weight excluding hydrogens is 242 g/mol. The molecule has 0 bridgehead atoms. The summed E-state index contributed by atoms with van der Waals surface area (Å²) < 4.78 is 0. The highest BCUT2D eigenvalue weighted by Gasteiger charge is 2.11. The molecule has 0 atom stereocenters. The number of aromatic amines is 1. The normalized spacial score (nSPS) is 10.4. The Kier molecular flexibility index (Phi) is 2.63. The number of pyridine rings is 1. The fourth-order valence-electron chi connectivity index (χ4n) is 1.33. The number of nitrogens with one attached hydrogen (secondary N) is 1. The molecule has 0 spiro atoms. The summed E-state index contributed by atoms with van der Waals surface area (Å²) in [4.78, 5) is 4.27. The maximum atomic E-state index is 4.27. The Morgan fingerprint density at radius 3 is 2.93 bits per heavy atom. The van der Waals surface area contributed by atoms with Crippen LogP contribution in [0.4, 0.5) is 0 Å². The Bertz CT molecular complexity index is 422. The second-order valence-electron chi connectivity index (χ2n) is 3.02. The van der Waals surface area contributed by atoms with Crippen molar-refractivity contribution in [2.45, 2.75) is 12.3 Å². The average Bonchev–Trinajstić information content (AvgIpc) is 2.61. The van der Waals surface area contributed by atoms with Crippen LogP contribution in [0.3, 0.4) is 0 Å². The van der Waals surface area contributed by atoms with Crippen LogP contribution in [-0.2, 0) is 5.33 Å². The molecule has 1 N–H and O–H groups in total. The number of hydrogen-bond donors (Lipinski definition) is 1. The summed E-state index contributed by atoms with van der Waals surface area (Å²) in [6.45, 7) is 2.01. The van der Waals surface area contributed by atoms with Gasteiger partial charge >= 0.3 is 0 Å². The first-order valence-corrected chi connectivity index (χ1v) is 5.46. The van der Waals surface area contributed by atoms with E-state index in [4.69, 9.17) is 0 Å². The first kappa shape index (κ1) is 9.40. The molecule has 2 rings (SSSR count). The summed E-state index contributed by atoms with van der Waals surface area (Å²) in [7, 11) is 0. The third-order valence-corrected chi connectivity index (χ3v) is 2.68. The third-order valence-electron chi connectivity index (χ3n) is 2.12. The molecule has 0 amide bonds. The summed E-state index contributed by atoms with van der Waals surface area (Å²) in [5.74, 6) is 0. The van der Waals surface area contributed by atoms with Gasteiger partial charge in [0.15, 0.2) is 0 Å². The Morgan fingerprint density at radius 2 is 2.29 bits per heavy atom. The van der Waals surface area contributed by atoms with Crippen molar-refractivity contribution >= 4 is 15.9 Å². The van der Waals surface area contributed by atoms with Gasteiger partial charge in [-0.05, 0) is 19.1 Å². The van der Waals surface area contributed by atoms with Gasteiger partial charge < -0.3 is 0 Å². The van der Waals surface area contributed by atoms with Crippen molar-refractivity contribution in [2.24, 2.45) is 0 Å². The van der Waals surface area contributed by atoms with Crippen LogP contribution in [-0.4, -0.2) is 15.2 Å². The highest BCUT2D eigenvalue weighted by Crippen LogP contribution is 2.23. The zero-order chi connectivity index (χ0) is 9.97. The van der Waals surface area contributed by atoms with E-state index in [-0.39, 0.29) is 0 Å². The van der Waals surface area contributed by atoms with Crippen molar-refractivity contribution < 1.29 is 0 Å². The molecule has 2 heterocycles. The minimum atomic E-state index is 0.793. The molecule has 0 unspecified atom stereocenters. The maximum Gasteiger partial charge on any atom is 0.115 e. The molecule has 0 saturated carbocycles. The second-order valence-corrected chi connectivity index (χ2v) is 3.59. The first-order chi connectivity index (χ1) is 6.83. The van der Waals surface area contributed by atoms with Crippen LogP contribution in [0.25, 0.3) is 11.4 Å². The van der Waals surface area contributed by atoms with Gasteiger partial charge in [-0.1, -0.05) is 22.0 Å². The summed E-state index contributed by atoms with van der Waals surface area (Å²) >= 11 is 3.45. The van der Waals surface area contributed by atoms with E-state index >= 15 is 0 Å². The summed E-state index contributed by atoms with van der Waals surface area (Å²) in [6, 6.07) is 5.82. The van der Waals surface area contributed by atoms with Crippen molar-refractivity contribution in [3.63, 3.8) is 0 Å². The molecule has 3 nitrogen and oxygen atoms in total.